The minimum absolute atomic E-state index is 0.146. The highest BCUT2D eigenvalue weighted by Crippen LogP contribution is 2.16. The molecule has 0 spiro atoms. The number of carbonyl (C=O) groups excluding carboxylic acids is 1. The Kier molecular flexibility index (Phi) is 11.3. The number of phenols is 1. The molecule has 0 bridgehead atoms. The van der Waals surface area contributed by atoms with Crippen LogP contribution in [0.2, 0.25) is 0 Å². The molecule has 0 aliphatic heterocycles. The molecule has 0 aliphatic rings. The molecule has 0 unspecified atom stereocenters. The highest BCUT2D eigenvalue weighted by molar-refractivity contribution is 5.96. The average Bonchev–Trinajstić information content (AvgIpc) is 2.55. The van der Waals surface area contributed by atoms with Crippen molar-refractivity contribution >= 4 is 5.78 Å². The normalized spacial score (nSPS) is 10.8. The maximum Gasteiger partial charge on any atom is 0.163 e. The Labute approximate surface area is 142 Å². The number of carbonyl (C=O) groups is 1. The summed E-state index contributed by atoms with van der Waals surface area (Å²) in [5.41, 5.74) is 0.632. The van der Waals surface area contributed by atoms with Crippen LogP contribution in [-0.2, 0) is 0 Å². The maximum absolute atomic E-state index is 12.0. The number of rotatable bonds is 14. The van der Waals surface area contributed by atoms with Crippen LogP contribution >= 0.6 is 0 Å². The van der Waals surface area contributed by atoms with Crippen molar-refractivity contribution in [1.29, 1.82) is 0 Å². The van der Waals surface area contributed by atoms with E-state index in [0.29, 0.717) is 12.0 Å². The van der Waals surface area contributed by atoms with Gasteiger partial charge in [-0.15, -0.1) is 0 Å². The Balaban J connectivity index is 1.91. The van der Waals surface area contributed by atoms with Gasteiger partial charge in [-0.2, -0.15) is 0 Å². The summed E-state index contributed by atoms with van der Waals surface area (Å²) in [4.78, 5) is 12.0. The van der Waals surface area contributed by atoms with E-state index in [4.69, 9.17) is 0 Å². The van der Waals surface area contributed by atoms with Gasteiger partial charge in [0, 0.05) is 12.0 Å². The topological polar surface area (TPSA) is 37.3 Å². The Hall–Kier alpha value is -1.31. The van der Waals surface area contributed by atoms with Gasteiger partial charge >= 0.3 is 0 Å². The molecular formula is C21H34O2. The molecule has 1 rings (SSSR count). The van der Waals surface area contributed by atoms with Crippen molar-refractivity contribution in [1.82, 2.24) is 0 Å². The minimum atomic E-state index is 0.146. The van der Waals surface area contributed by atoms with Crippen LogP contribution in [0.15, 0.2) is 24.3 Å². The van der Waals surface area contributed by atoms with Crippen LogP contribution < -0.4 is 0 Å². The van der Waals surface area contributed by atoms with Gasteiger partial charge < -0.3 is 5.11 Å². The second-order valence-electron chi connectivity index (χ2n) is 6.61. The summed E-state index contributed by atoms with van der Waals surface area (Å²) in [6.07, 6.45) is 16.3. The van der Waals surface area contributed by atoms with Crippen molar-refractivity contribution in [3.05, 3.63) is 29.8 Å². The number of aromatic hydroxyl groups is 1. The fourth-order valence-corrected chi connectivity index (χ4v) is 2.95. The summed E-state index contributed by atoms with van der Waals surface area (Å²) in [6, 6.07) is 6.66. The lowest BCUT2D eigenvalue weighted by atomic mass is 10.0. The number of hydrogen-bond acceptors (Lipinski definition) is 2. The molecule has 1 N–H and O–H groups in total. The first-order valence-corrected chi connectivity index (χ1v) is 9.56. The Morgan fingerprint density at radius 1 is 0.826 bits per heavy atom. The van der Waals surface area contributed by atoms with Gasteiger partial charge in [-0.25, -0.2) is 0 Å². The third-order valence-corrected chi connectivity index (χ3v) is 4.43. The van der Waals surface area contributed by atoms with Crippen LogP contribution in [0.3, 0.4) is 0 Å². The minimum Gasteiger partial charge on any atom is -0.508 e. The molecule has 0 amide bonds. The lowest BCUT2D eigenvalue weighted by Crippen LogP contribution is -1.98. The van der Waals surface area contributed by atoms with Crippen molar-refractivity contribution in [2.45, 2.75) is 90.4 Å². The smallest absolute Gasteiger partial charge is 0.163 e. The van der Waals surface area contributed by atoms with E-state index in [0.717, 1.165) is 12.8 Å². The second kappa shape index (κ2) is 13.2. The van der Waals surface area contributed by atoms with Crippen LogP contribution in [0, 0.1) is 0 Å². The Bertz CT molecular complexity index is 426. The molecule has 0 fully saturated rings. The zero-order valence-corrected chi connectivity index (χ0v) is 14.9. The Morgan fingerprint density at radius 2 is 1.35 bits per heavy atom. The van der Waals surface area contributed by atoms with E-state index < -0.39 is 0 Å². The number of unbranched alkanes of at least 4 members (excludes halogenated alkanes) is 11. The molecule has 0 heterocycles. The largest absolute Gasteiger partial charge is 0.508 e. The number of benzene rings is 1. The zero-order valence-electron chi connectivity index (χ0n) is 14.9. The van der Waals surface area contributed by atoms with Gasteiger partial charge in [-0.1, -0.05) is 89.7 Å². The predicted octanol–water partition coefficient (Wildman–Crippen LogP) is 6.67. The molecule has 0 saturated carbocycles. The fraction of sp³-hybridized carbons (Fsp3) is 0.667. The highest BCUT2D eigenvalue weighted by Gasteiger charge is 2.05. The summed E-state index contributed by atoms with van der Waals surface area (Å²) < 4.78 is 0. The average molecular weight is 319 g/mol. The molecule has 0 saturated heterocycles. The van der Waals surface area contributed by atoms with Gasteiger partial charge in [-0.3, -0.25) is 4.79 Å². The highest BCUT2D eigenvalue weighted by atomic mass is 16.3. The number of Topliss-reactive ketones (excluding diaryl/α,β-unsaturated/α-hetero) is 1. The van der Waals surface area contributed by atoms with Crippen LogP contribution in [0.25, 0.3) is 0 Å². The van der Waals surface area contributed by atoms with Crippen molar-refractivity contribution < 1.29 is 9.90 Å². The SMILES string of the molecule is CCCCCCCCCCCCCCC(=O)c1cccc(O)c1. The zero-order chi connectivity index (χ0) is 16.8. The third-order valence-electron chi connectivity index (χ3n) is 4.43. The van der Waals surface area contributed by atoms with Crippen molar-refractivity contribution in [2.75, 3.05) is 0 Å². The molecule has 23 heavy (non-hydrogen) atoms. The Morgan fingerprint density at radius 3 is 1.87 bits per heavy atom. The molecule has 0 atom stereocenters. The second-order valence-corrected chi connectivity index (χ2v) is 6.61. The van der Waals surface area contributed by atoms with Crippen LogP contribution in [0.1, 0.15) is 101 Å². The quantitative estimate of drug-likeness (QED) is 0.307. The van der Waals surface area contributed by atoms with Gasteiger partial charge in [0.1, 0.15) is 5.75 Å². The predicted molar refractivity (Wildman–Crippen MR) is 98.1 cm³/mol. The summed E-state index contributed by atoms with van der Waals surface area (Å²) in [5, 5.41) is 9.38. The molecule has 1 aromatic rings. The van der Waals surface area contributed by atoms with Crippen molar-refractivity contribution in [2.24, 2.45) is 0 Å². The molecule has 130 valence electrons. The van der Waals surface area contributed by atoms with Crippen LogP contribution in [0.5, 0.6) is 5.75 Å². The first-order chi connectivity index (χ1) is 11.2. The molecule has 0 radical (unpaired) electrons. The number of hydrogen-bond donors (Lipinski definition) is 1. The van der Waals surface area contributed by atoms with Crippen molar-refractivity contribution in [3.8, 4) is 5.75 Å². The molecule has 2 nitrogen and oxygen atoms in total. The van der Waals surface area contributed by atoms with E-state index in [9.17, 15) is 9.90 Å². The molecule has 2 heteroatoms. The van der Waals surface area contributed by atoms with Gasteiger partial charge in [0.15, 0.2) is 5.78 Å². The lowest BCUT2D eigenvalue weighted by molar-refractivity contribution is 0.0978. The summed E-state index contributed by atoms with van der Waals surface area (Å²) in [7, 11) is 0. The molecular weight excluding hydrogens is 284 g/mol. The molecule has 0 aliphatic carbocycles. The van der Waals surface area contributed by atoms with Crippen LogP contribution in [-0.4, -0.2) is 10.9 Å². The van der Waals surface area contributed by atoms with Gasteiger partial charge in [0.05, 0.1) is 0 Å². The van der Waals surface area contributed by atoms with Crippen molar-refractivity contribution in [3.63, 3.8) is 0 Å². The summed E-state index contributed by atoms with van der Waals surface area (Å²) in [5.74, 6) is 0.318. The fourth-order valence-electron chi connectivity index (χ4n) is 2.95. The van der Waals surface area contributed by atoms with E-state index in [1.807, 2.05) is 0 Å². The number of ketones is 1. The lowest BCUT2D eigenvalue weighted by Gasteiger charge is -2.03. The van der Waals surface area contributed by atoms with Gasteiger partial charge in [0.2, 0.25) is 0 Å². The van der Waals surface area contributed by atoms with E-state index in [1.54, 1.807) is 24.3 Å². The molecule has 0 aromatic heterocycles. The van der Waals surface area contributed by atoms with Gasteiger partial charge in [-0.05, 0) is 18.6 Å². The summed E-state index contributed by atoms with van der Waals surface area (Å²) >= 11 is 0. The van der Waals surface area contributed by atoms with Crippen LogP contribution in [0.4, 0.5) is 0 Å². The monoisotopic (exact) mass is 318 g/mol. The third kappa shape index (κ3) is 10.1. The van der Waals surface area contributed by atoms with Gasteiger partial charge in [0.25, 0.3) is 0 Å². The van der Waals surface area contributed by atoms with E-state index in [2.05, 4.69) is 6.92 Å². The van der Waals surface area contributed by atoms with E-state index in [1.165, 1.54) is 64.2 Å². The van der Waals surface area contributed by atoms with E-state index >= 15 is 0 Å². The molecule has 1 aromatic carbocycles. The maximum atomic E-state index is 12.0. The first kappa shape index (κ1) is 19.7. The first-order valence-electron chi connectivity index (χ1n) is 9.56. The summed E-state index contributed by atoms with van der Waals surface area (Å²) in [6.45, 7) is 2.26. The number of phenolic OH excluding ortho intramolecular Hbond substituents is 1. The van der Waals surface area contributed by atoms with E-state index in [-0.39, 0.29) is 11.5 Å². The standard InChI is InChI=1S/C21H34O2/c1-2-3-4-5-6-7-8-9-10-11-12-13-17-21(23)19-15-14-16-20(22)18-19/h14-16,18,22H,2-13,17H2,1H3.